The number of ether oxygens (including phenoxy) is 2. The van der Waals surface area contributed by atoms with Gasteiger partial charge in [-0.2, -0.15) is 0 Å². The van der Waals surface area contributed by atoms with E-state index in [-0.39, 0.29) is 5.97 Å². The van der Waals surface area contributed by atoms with Crippen molar-refractivity contribution >= 4 is 17.1 Å². The van der Waals surface area contributed by atoms with Crippen molar-refractivity contribution in [2.24, 2.45) is 0 Å². The van der Waals surface area contributed by atoms with E-state index < -0.39 is 0 Å². The van der Waals surface area contributed by atoms with Crippen molar-refractivity contribution in [1.29, 1.82) is 0 Å². The Morgan fingerprint density at radius 3 is 1.58 bits per heavy atom. The number of esters is 1. The first-order valence-electron chi connectivity index (χ1n) is 8.32. The van der Waals surface area contributed by atoms with Gasteiger partial charge in [-0.05, 0) is 28.8 Å². The van der Waals surface area contributed by atoms with Gasteiger partial charge in [0, 0.05) is 5.57 Å². The summed E-state index contributed by atoms with van der Waals surface area (Å²) in [6.07, 6.45) is 0. The summed E-state index contributed by atoms with van der Waals surface area (Å²) < 4.78 is 10.4. The minimum atomic E-state index is -0.377. The van der Waals surface area contributed by atoms with Gasteiger partial charge < -0.3 is 9.47 Å². The van der Waals surface area contributed by atoms with Gasteiger partial charge in [0.15, 0.2) is 0 Å². The van der Waals surface area contributed by atoms with Crippen molar-refractivity contribution in [3.63, 3.8) is 0 Å². The molecule has 0 spiro atoms. The lowest BCUT2D eigenvalue weighted by molar-refractivity contribution is -0.133. The number of hydrogen-bond donors (Lipinski definition) is 0. The molecule has 0 aliphatic carbocycles. The molecule has 0 aliphatic rings. The minimum absolute atomic E-state index is 0.377. The molecule has 130 valence electrons. The van der Waals surface area contributed by atoms with Gasteiger partial charge in [0.05, 0.1) is 19.8 Å². The molecule has 0 atom stereocenters. The molecule has 3 heteroatoms. The van der Waals surface area contributed by atoms with E-state index in [1.54, 1.807) is 7.11 Å². The Balaban J connectivity index is 2.31. The van der Waals surface area contributed by atoms with Gasteiger partial charge >= 0.3 is 5.97 Å². The SMILES string of the molecule is COC(=O)C(=C(c1ccccc1)c1ccccc1)c1ccc(OC)cc1. The highest BCUT2D eigenvalue weighted by Gasteiger charge is 2.21. The number of benzene rings is 3. The summed E-state index contributed by atoms with van der Waals surface area (Å²) in [6, 6.07) is 27.2. The normalized spacial score (nSPS) is 10.1. The molecule has 0 fully saturated rings. The highest BCUT2D eigenvalue weighted by molar-refractivity contribution is 6.26. The zero-order valence-corrected chi connectivity index (χ0v) is 14.8. The molecule has 0 radical (unpaired) electrons. The zero-order chi connectivity index (χ0) is 18.4. The van der Waals surface area contributed by atoms with Gasteiger partial charge in [-0.15, -0.1) is 0 Å². The molecule has 0 aliphatic heterocycles. The summed E-state index contributed by atoms with van der Waals surface area (Å²) in [7, 11) is 3.02. The van der Waals surface area contributed by atoms with E-state index in [0.717, 1.165) is 28.0 Å². The molecular formula is C23H20O3. The van der Waals surface area contributed by atoms with Crippen LogP contribution < -0.4 is 4.74 Å². The molecule has 0 bridgehead atoms. The first kappa shape index (κ1) is 17.5. The number of carbonyl (C=O) groups is 1. The van der Waals surface area contributed by atoms with Crippen LogP contribution in [0.15, 0.2) is 84.9 Å². The maximum atomic E-state index is 12.7. The van der Waals surface area contributed by atoms with Crippen molar-refractivity contribution in [1.82, 2.24) is 0 Å². The van der Waals surface area contributed by atoms with Crippen molar-refractivity contribution in [3.05, 3.63) is 102 Å². The van der Waals surface area contributed by atoms with Crippen LogP contribution >= 0.6 is 0 Å². The number of hydrogen-bond acceptors (Lipinski definition) is 3. The zero-order valence-electron chi connectivity index (χ0n) is 14.8. The molecular weight excluding hydrogens is 324 g/mol. The van der Waals surface area contributed by atoms with E-state index in [2.05, 4.69) is 0 Å². The number of rotatable bonds is 5. The largest absolute Gasteiger partial charge is 0.497 e. The Bertz CT molecular complexity index is 854. The lowest BCUT2D eigenvalue weighted by Gasteiger charge is -2.16. The van der Waals surface area contributed by atoms with Crippen LogP contribution in [-0.4, -0.2) is 20.2 Å². The molecule has 26 heavy (non-hydrogen) atoms. The number of carbonyl (C=O) groups excluding carboxylic acids is 1. The summed E-state index contributed by atoms with van der Waals surface area (Å²) in [5.74, 6) is 0.358. The van der Waals surface area contributed by atoms with Crippen LogP contribution in [0.4, 0.5) is 0 Å². The third-order valence-corrected chi connectivity index (χ3v) is 4.14. The van der Waals surface area contributed by atoms with Crippen molar-refractivity contribution in [3.8, 4) is 5.75 Å². The summed E-state index contributed by atoms with van der Waals surface area (Å²) in [5, 5.41) is 0. The van der Waals surface area contributed by atoms with Crippen LogP contribution in [-0.2, 0) is 9.53 Å². The molecule has 0 unspecified atom stereocenters. The molecule has 0 N–H and O–H groups in total. The van der Waals surface area contributed by atoms with Crippen LogP contribution in [0.5, 0.6) is 5.75 Å². The molecule has 3 rings (SSSR count). The van der Waals surface area contributed by atoms with Crippen LogP contribution in [0.25, 0.3) is 11.1 Å². The molecule has 0 aromatic heterocycles. The van der Waals surface area contributed by atoms with Crippen LogP contribution in [0.1, 0.15) is 16.7 Å². The van der Waals surface area contributed by atoms with Crippen molar-refractivity contribution < 1.29 is 14.3 Å². The maximum absolute atomic E-state index is 12.7. The smallest absolute Gasteiger partial charge is 0.339 e. The molecule has 0 heterocycles. The first-order chi connectivity index (χ1) is 12.7. The maximum Gasteiger partial charge on any atom is 0.339 e. The Hall–Kier alpha value is -3.33. The van der Waals surface area contributed by atoms with E-state index in [9.17, 15) is 4.79 Å². The van der Waals surface area contributed by atoms with Crippen molar-refractivity contribution in [2.75, 3.05) is 14.2 Å². The third-order valence-electron chi connectivity index (χ3n) is 4.14. The second-order valence-electron chi connectivity index (χ2n) is 5.70. The lowest BCUT2D eigenvalue weighted by atomic mass is 9.89. The molecule has 3 aromatic carbocycles. The quantitative estimate of drug-likeness (QED) is 0.378. The van der Waals surface area contributed by atoms with Gasteiger partial charge in [0.25, 0.3) is 0 Å². The summed E-state index contributed by atoms with van der Waals surface area (Å²) in [4.78, 5) is 12.7. The van der Waals surface area contributed by atoms with Gasteiger partial charge in [0.1, 0.15) is 5.75 Å². The van der Waals surface area contributed by atoms with Crippen LogP contribution in [0, 0.1) is 0 Å². The summed E-state index contributed by atoms with van der Waals surface area (Å²) in [6.45, 7) is 0. The second-order valence-corrected chi connectivity index (χ2v) is 5.70. The summed E-state index contributed by atoms with van der Waals surface area (Å²) >= 11 is 0. The molecule has 3 aromatic rings. The average Bonchev–Trinajstić information content (AvgIpc) is 2.73. The van der Waals surface area contributed by atoms with Crippen LogP contribution in [0.3, 0.4) is 0 Å². The van der Waals surface area contributed by atoms with Crippen molar-refractivity contribution in [2.45, 2.75) is 0 Å². The average molecular weight is 344 g/mol. The monoisotopic (exact) mass is 344 g/mol. The number of methoxy groups -OCH3 is 2. The van der Waals surface area contributed by atoms with Gasteiger partial charge in [0.2, 0.25) is 0 Å². The molecule has 0 saturated carbocycles. The highest BCUT2D eigenvalue weighted by atomic mass is 16.5. The Kier molecular flexibility index (Phi) is 5.49. The lowest BCUT2D eigenvalue weighted by Crippen LogP contribution is -2.08. The minimum Gasteiger partial charge on any atom is -0.497 e. The Morgan fingerprint density at radius 2 is 1.15 bits per heavy atom. The van der Waals surface area contributed by atoms with E-state index in [0.29, 0.717) is 5.57 Å². The topological polar surface area (TPSA) is 35.5 Å². The highest BCUT2D eigenvalue weighted by Crippen LogP contribution is 2.33. The fourth-order valence-corrected chi connectivity index (χ4v) is 2.89. The summed E-state index contributed by atoms with van der Waals surface area (Å²) in [5.41, 5.74) is 4.04. The fraction of sp³-hybridized carbons (Fsp3) is 0.0870. The first-order valence-corrected chi connectivity index (χ1v) is 8.32. The Labute approximate surface area is 153 Å². The predicted octanol–water partition coefficient (Wildman–Crippen LogP) is 4.83. The van der Waals surface area contributed by atoms with E-state index in [4.69, 9.17) is 9.47 Å². The second kappa shape index (κ2) is 8.17. The van der Waals surface area contributed by atoms with Gasteiger partial charge in [-0.25, -0.2) is 4.79 Å². The Morgan fingerprint density at radius 1 is 0.654 bits per heavy atom. The van der Waals surface area contributed by atoms with E-state index in [1.807, 2.05) is 84.9 Å². The molecule has 0 amide bonds. The third kappa shape index (κ3) is 3.67. The van der Waals surface area contributed by atoms with Crippen LogP contribution in [0.2, 0.25) is 0 Å². The fourth-order valence-electron chi connectivity index (χ4n) is 2.89. The standard InChI is InChI=1S/C23H20O3/c1-25-20-15-13-19(14-16-20)22(23(24)26-2)21(17-9-5-3-6-10-17)18-11-7-4-8-12-18/h3-16H,1-2H3. The van der Waals surface area contributed by atoms with Gasteiger partial charge in [-0.1, -0.05) is 72.8 Å². The molecule has 3 nitrogen and oxygen atoms in total. The predicted molar refractivity (Wildman–Crippen MR) is 104 cm³/mol. The van der Waals surface area contributed by atoms with E-state index in [1.165, 1.54) is 7.11 Å². The van der Waals surface area contributed by atoms with E-state index >= 15 is 0 Å². The van der Waals surface area contributed by atoms with Gasteiger partial charge in [-0.3, -0.25) is 0 Å². The molecule has 0 saturated heterocycles.